The lowest BCUT2D eigenvalue weighted by molar-refractivity contribution is 0.287. The van der Waals surface area contributed by atoms with Crippen LogP contribution in [0.1, 0.15) is 30.8 Å². The Balaban J connectivity index is 2.16. The molecule has 1 rings (SSSR count). The number of rotatable bonds is 7. The first-order valence-corrected chi connectivity index (χ1v) is 6.01. The second-order valence-electron chi connectivity index (χ2n) is 4.17. The molecule has 16 heavy (non-hydrogen) atoms. The van der Waals surface area contributed by atoms with Crippen molar-refractivity contribution in [2.75, 3.05) is 13.6 Å². The van der Waals surface area contributed by atoms with E-state index in [9.17, 15) is 0 Å². The summed E-state index contributed by atoms with van der Waals surface area (Å²) in [6.07, 6.45) is 3.04. The molecule has 0 bridgehead atoms. The summed E-state index contributed by atoms with van der Waals surface area (Å²) in [7, 11) is 2.10. The van der Waals surface area contributed by atoms with Crippen molar-refractivity contribution >= 4 is 17.2 Å². The van der Waals surface area contributed by atoms with Crippen molar-refractivity contribution in [3.05, 3.63) is 23.7 Å². The predicted molar refractivity (Wildman–Crippen MR) is 70.4 cm³/mol. The monoisotopic (exact) mass is 240 g/mol. The topological polar surface area (TPSA) is 42.4 Å². The van der Waals surface area contributed by atoms with Crippen molar-refractivity contribution in [3.63, 3.8) is 0 Å². The third kappa shape index (κ3) is 5.28. The Hall–Kier alpha value is -0.870. The van der Waals surface area contributed by atoms with E-state index in [-0.39, 0.29) is 0 Å². The highest BCUT2D eigenvalue weighted by molar-refractivity contribution is 7.80. The first-order chi connectivity index (χ1) is 7.58. The Kier molecular flexibility index (Phi) is 5.49. The Morgan fingerprint density at radius 1 is 1.44 bits per heavy atom. The predicted octanol–water partition coefficient (Wildman–Crippen LogP) is 2.48. The number of nitrogens with two attached hydrogens (primary N) is 1. The van der Waals surface area contributed by atoms with Gasteiger partial charge in [-0.15, -0.1) is 0 Å². The summed E-state index contributed by atoms with van der Waals surface area (Å²) in [5.41, 5.74) is 5.44. The van der Waals surface area contributed by atoms with Crippen LogP contribution in [0.25, 0.3) is 0 Å². The van der Waals surface area contributed by atoms with E-state index in [1.165, 1.54) is 0 Å². The van der Waals surface area contributed by atoms with Gasteiger partial charge in [0.1, 0.15) is 11.5 Å². The number of furan rings is 1. The molecule has 1 aromatic heterocycles. The highest BCUT2D eigenvalue weighted by atomic mass is 32.1. The maximum atomic E-state index is 5.52. The molecular formula is C12H20N2OS. The largest absolute Gasteiger partial charge is 0.465 e. The highest BCUT2D eigenvalue weighted by Gasteiger charge is 2.03. The summed E-state index contributed by atoms with van der Waals surface area (Å²) in [6, 6.07) is 4.02. The Bertz CT molecular complexity index is 336. The summed E-state index contributed by atoms with van der Waals surface area (Å²) < 4.78 is 5.52. The van der Waals surface area contributed by atoms with Gasteiger partial charge in [-0.05, 0) is 51.9 Å². The van der Waals surface area contributed by atoms with E-state index in [0.717, 1.165) is 43.9 Å². The minimum Gasteiger partial charge on any atom is -0.465 e. The molecule has 0 saturated heterocycles. The van der Waals surface area contributed by atoms with E-state index in [0.29, 0.717) is 4.99 Å². The second kappa shape index (κ2) is 6.66. The lowest BCUT2D eigenvalue weighted by Gasteiger charge is -2.14. The van der Waals surface area contributed by atoms with Crippen LogP contribution in [0.4, 0.5) is 0 Å². The lowest BCUT2D eigenvalue weighted by Crippen LogP contribution is -2.19. The second-order valence-corrected chi connectivity index (χ2v) is 4.70. The molecule has 0 atom stereocenters. The zero-order valence-electron chi connectivity index (χ0n) is 10.0. The van der Waals surface area contributed by atoms with Gasteiger partial charge in [0.25, 0.3) is 0 Å². The quantitative estimate of drug-likeness (QED) is 0.587. The number of hydrogen-bond acceptors (Lipinski definition) is 3. The molecule has 0 aromatic carbocycles. The summed E-state index contributed by atoms with van der Waals surface area (Å²) in [4.78, 5) is 2.86. The molecule has 0 aliphatic heterocycles. The van der Waals surface area contributed by atoms with Gasteiger partial charge < -0.3 is 10.2 Å². The molecule has 3 nitrogen and oxygen atoms in total. The zero-order valence-corrected chi connectivity index (χ0v) is 10.8. The van der Waals surface area contributed by atoms with Crippen molar-refractivity contribution in [1.29, 1.82) is 0 Å². The van der Waals surface area contributed by atoms with Crippen LogP contribution in [0.5, 0.6) is 0 Å². The summed E-state index contributed by atoms with van der Waals surface area (Å²) in [5, 5.41) is 0. The lowest BCUT2D eigenvalue weighted by atomic mass is 10.2. The van der Waals surface area contributed by atoms with Gasteiger partial charge in [0, 0.05) is 0 Å². The van der Waals surface area contributed by atoms with Gasteiger partial charge in [0.15, 0.2) is 0 Å². The highest BCUT2D eigenvalue weighted by Crippen LogP contribution is 2.09. The standard InChI is InChI=1S/C12H20N2OS/c1-10-6-7-11(15-10)9-14(2)8-4-3-5-12(13)16/h6-7H,3-5,8-9H2,1-2H3,(H2,13,16). The van der Waals surface area contributed by atoms with Crippen LogP contribution in [0.3, 0.4) is 0 Å². The molecule has 0 radical (unpaired) electrons. The third-order valence-corrected chi connectivity index (χ3v) is 2.64. The maximum Gasteiger partial charge on any atom is 0.118 e. The number of hydrogen-bond donors (Lipinski definition) is 1. The fraction of sp³-hybridized carbons (Fsp3) is 0.583. The molecule has 1 aromatic rings. The molecule has 90 valence electrons. The number of aryl methyl sites for hydroxylation is 1. The van der Waals surface area contributed by atoms with Gasteiger partial charge in [-0.3, -0.25) is 4.90 Å². The van der Waals surface area contributed by atoms with Crippen molar-refractivity contribution in [1.82, 2.24) is 4.90 Å². The molecule has 0 saturated carbocycles. The molecule has 0 unspecified atom stereocenters. The molecule has 0 aliphatic carbocycles. The van der Waals surface area contributed by atoms with Gasteiger partial charge in [-0.25, -0.2) is 0 Å². The van der Waals surface area contributed by atoms with Crippen LogP contribution in [0.2, 0.25) is 0 Å². The average Bonchev–Trinajstić information content (AvgIpc) is 2.58. The zero-order chi connectivity index (χ0) is 12.0. The summed E-state index contributed by atoms with van der Waals surface area (Å²) in [5.74, 6) is 1.99. The Morgan fingerprint density at radius 2 is 2.19 bits per heavy atom. The molecule has 1 heterocycles. The average molecular weight is 240 g/mol. The Morgan fingerprint density at radius 3 is 2.75 bits per heavy atom. The fourth-order valence-corrected chi connectivity index (χ4v) is 1.74. The number of unbranched alkanes of at least 4 members (excludes halogenated alkanes) is 1. The van der Waals surface area contributed by atoms with Crippen LogP contribution in [0, 0.1) is 6.92 Å². The summed E-state index contributed by atoms with van der Waals surface area (Å²) in [6.45, 7) is 3.87. The van der Waals surface area contributed by atoms with Crippen LogP contribution in [-0.4, -0.2) is 23.5 Å². The van der Waals surface area contributed by atoms with Crippen LogP contribution < -0.4 is 5.73 Å². The van der Waals surface area contributed by atoms with Gasteiger partial charge in [0.05, 0.1) is 11.5 Å². The fourth-order valence-electron chi connectivity index (χ4n) is 1.60. The minimum atomic E-state index is 0.615. The van der Waals surface area contributed by atoms with Crippen molar-refractivity contribution in [2.45, 2.75) is 32.7 Å². The third-order valence-electron chi connectivity index (χ3n) is 2.43. The van der Waals surface area contributed by atoms with E-state index in [1.54, 1.807) is 0 Å². The van der Waals surface area contributed by atoms with Crippen LogP contribution in [0.15, 0.2) is 16.5 Å². The van der Waals surface area contributed by atoms with Crippen LogP contribution >= 0.6 is 12.2 Å². The van der Waals surface area contributed by atoms with Gasteiger partial charge in [0.2, 0.25) is 0 Å². The molecular weight excluding hydrogens is 220 g/mol. The normalized spacial score (nSPS) is 10.9. The molecule has 4 heteroatoms. The first-order valence-electron chi connectivity index (χ1n) is 5.60. The van der Waals surface area contributed by atoms with Gasteiger partial charge >= 0.3 is 0 Å². The van der Waals surface area contributed by atoms with Crippen LogP contribution in [-0.2, 0) is 6.54 Å². The van der Waals surface area contributed by atoms with Crippen molar-refractivity contribution in [3.8, 4) is 0 Å². The molecule has 0 fully saturated rings. The van der Waals surface area contributed by atoms with Gasteiger partial charge in [-0.2, -0.15) is 0 Å². The first kappa shape index (κ1) is 13.2. The number of nitrogens with zero attached hydrogens (tertiary/aromatic N) is 1. The van der Waals surface area contributed by atoms with E-state index >= 15 is 0 Å². The Labute approximate surface area is 103 Å². The molecule has 0 amide bonds. The van der Waals surface area contributed by atoms with E-state index < -0.39 is 0 Å². The minimum absolute atomic E-state index is 0.615. The SMILES string of the molecule is Cc1ccc(CN(C)CCCCC(N)=S)o1. The smallest absolute Gasteiger partial charge is 0.118 e. The van der Waals surface area contributed by atoms with E-state index in [1.807, 2.05) is 19.1 Å². The summed E-state index contributed by atoms with van der Waals surface area (Å²) >= 11 is 4.83. The van der Waals surface area contributed by atoms with Gasteiger partial charge in [-0.1, -0.05) is 12.2 Å². The maximum absolute atomic E-state index is 5.52. The van der Waals surface area contributed by atoms with Crippen molar-refractivity contribution < 1.29 is 4.42 Å². The number of thiocarbonyl (C=S) groups is 1. The molecule has 2 N–H and O–H groups in total. The van der Waals surface area contributed by atoms with E-state index in [2.05, 4.69) is 11.9 Å². The molecule has 0 aliphatic rings. The molecule has 0 spiro atoms. The van der Waals surface area contributed by atoms with Crippen molar-refractivity contribution in [2.24, 2.45) is 5.73 Å². The van der Waals surface area contributed by atoms with E-state index in [4.69, 9.17) is 22.4 Å².